The summed E-state index contributed by atoms with van der Waals surface area (Å²) in [6.45, 7) is 7.33. The number of nitrogens with zero attached hydrogens (tertiary/aromatic N) is 2. The van der Waals surface area contributed by atoms with Gasteiger partial charge in [-0.25, -0.2) is 0 Å². The Bertz CT molecular complexity index is 500. The van der Waals surface area contributed by atoms with Crippen LogP contribution in [0.1, 0.15) is 24.8 Å². The monoisotopic (exact) mass is 318 g/mol. The van der Waals surface area contributed by atoms with Crippen LogP contribution < -0.4 is 16.0 Å². The normalized spacial score (nSPS) is 19.8. The second-order valence-corrected chi connectivity index (χ2v) is 6.80. The zero-order valence-electron chi connectivity index (χ0n) is 14.0. The summed E-state index contributed by atoms with van der Waals surface area (Å²) in [6.07, 6.45) is 4.16. The molecule has 0 amide bonds. The van der Waals surface area contributed by atoms with Crippen LogP contribution in [0.25, 0.3) is 0 Å². The maximum absolute atomic E-state index is 9.52. The summed E-state index contributed by atoms with van der Waals surface area (Å²) in [5.41, 5.74) is 9.55. The third-order valence-electron chi connectivity index (χ3n) is 5.04. The summed E-state index contributed by atoms with van der Waals surface area (Å²) in [6, 6.07) is 6.30. The molecule has 1 aromatic rings. The van der Waals surface area contributed by atoms with Crippen molar-refractivity contribution in [1.29, 1.82) is 0 Å². The molecule has 5 nitrogen and oxygen atoms in total. The number of nitrogens with one attached hydrogen (secondary N) is 1. The van der Waals surface area contributed by atoms with Gasteiger partial charge in [0.1, 0.15) is 0 Å². The fourth-order valence-corrected chi connectivity index (χ4v) is 3.62. The minimum atomic E-state index is -0.0779. The molecule has 0 atom stereocenters. The van der Waals surface area contributed by atoms with E-state index in [-0.39, 0.29) is 6.10 Å². The van der Waals surface area contributed by atoms with Gasteiger partial charge in [0.05, 0.1) is 6.10 Å². The maximum Gasteiger partial charge on any atom is 0.0564 e. The number of benzene rings is 1. The number of aliphatic hydroxyl groups excluding tert-OH is 1. The molecular weight excluding hydrogens is 288 g/mol. The maximum atomic E-state index is 9.52. The standard InChI is InChI=1S/C18H30N4O/c19-16-4-3-15-2-1-9-22(18(15)14-16)13-8-20-7-12-21-10-5-17(23)6-11-21/h3-4,14,17,20,23H,1-2,5-13,19H2. The average Bonchev–Trinajstić information content (AvgIpc) is 2.56. The number of rotatable bonds is 6. The van der Waals surface area contributed by atoms with Gasteiger partial charge < -0.3 is 26.0 Å². The number of piperidine rings is 1. The zero-order valence-corrected chi connectivity index (χ0v) is 14.0. The van der Waals surface area contributed by atoms with Crippen LogP contribution in [0.4, 0.5) is 11.4 Å². The lowest BCUT2D eigenvalue weighted by Gasteiger charge is -2.32. The highest BCUT2D eigenvalue weighted by molar-refractivity contribution is 5.62. The van der Waals surface area contributed by atoms with Crippen LogP contribution in [0.5, 0.6) is 0 Å². The highest BCUT2D eigenvalue weighted by atomic mass is 16.3. The smallest absolute Gasteiger partial charge is 0.0564 e. The SMILES string of the molecule is Nc1ccc2c(c1)N(CCNCCN1CCC(O)CC1)CCC2. The van der Waals surface area contributed by atoms with Crippen LogP contribution in [-0.2, 0) is 6.42 Å². The van der Waals surface area contributed by atoms with Crippen molar-refractivity contribution < 1.29 is 5.11 Å². The van der Waals surface area contributed by atoms with Gasteiger partial charge in [0, 0.05) is 57.2 Å². The van der Waals surface area contributed by atoms with Crippen molar-refractivity contribution in [3.8, 4) is 0 Å². The molecule has 5 heteroatoms. The number of hydrogen-bond donors (Lipinski definition) is 3. The van der Waals surface area contributed by atoms with E-state index in [1.165, 1.54) is 24.1 Å². The van der Waals surface area contributed by atoms with Gasteiger partial charge in [0.25, 0.3) is 0 Å². The molecule has 2 aliphatic heterocycles. The number of nitrogen functional groups attached to an aromatic ring is 1. The molecule has 0 aliphatic carbocycles. The number of nitrogens with two attached hydrogens (primary N) is 1. The zero-order chi connectivity index (χ0) is 16.1. The molecular formula is C18H30N4O. The van der Waals surface area contributed by atoms with E-state index in [4.69, 9.17) is 5.73 Å². The lowest BCUT2D eigenvalue weighted by Crippen LogP contribution is -2.41. The van der Waals surface area contributed by atoms with E-state index in [9.17, 15) is 5.11 Å². The first kappa shape index (κ1) is 16.6. The number of aryl methyl sites for hydroxylation is 1. The number of hydrogen-bond acceptors (Lipinski definition) is 5. The fourth-order valence-electron chi connectivity index (χ4n) is 3.62. The van der Waals surface area contributed by atoms with Gasteiger partial charge in [-0.15, -0.1) is 0 Å². The second kappa shape index (κ2) is 7.99. The van der Waals surface area contributed by atoms with Crippen molar-refractivity contribution in [2.75, 3.05) is 56.4 Å². The Labute approximate surface area is 139 Å². The molecule has 0 radical (unpaired) electrons. The quantitative estimate of drug-likeness (QED) is 0.541. The molecule has 0 aromatic heterocycles. The molecule has 1 saturated heterocycles. The highest BCUT2D eigenvalue weighted by Gasteiger charge is 2.17. The van der Waals surface area contributed by atoms with Gasteiger partial charge in [0.2, 0.25) is 0 Å². The molecule has 1 fully saturated rings. The fraction of sp³-hybridized carbons (Fsp3) is 0.667. The van der Waals surface area contributed by atoms with E-state index >= 15 is 0 Å². The van der Waals surface area contributed by atoms with E-state index in [0.717, 1.165) is 64.3 Å². The minimum Gasteiger partial charge on any atom is -0.399 e. The Balaban J connectivity index is 1.38. The Morgan fingerprint density at radius 1 is 1.13 bits per heavy atom. The first-order chi connectivity index (χ1) is 11.2. The van der Waals surface area contributed by atoms with E-state index < -0.39 is 0 Å². The van der Waals surface area contributed by atoms with Crippen molar-refractivity contribution in [3.63, 3.8) is 0 Å². The predicted molar refractivity (Wildman–Crippen MR) is 95.9 cm³/mol. The van der Waals surface area contributed by atoms with Gasteiger partial charge in [-0.2, -0.15) is 0 Å². The van der Waals surface area contributed by atoms with Gasteiger partial charge in [-0.05, 0) is 43.4 Å². The molecule has 2 heterocycles. The van der Waals surface area contributed by atoms with Crippen LogP contribution in [0, 0.1) is 0 Å². The largest absolute Gasteiger partial charge is 0.399 e. The van der Waals surface area contributed by atoms with Crippen LogP contribution >= 0.6 is 0 Å². The first-order valence-electron chi connectivity index (χ1n) is 8.97. The topological polar surface area (TPSA) is 64.8 Å². The summed E-state index contributed by atoms with van der Waals surface area (Å²) in [5.74, 6) is 0. The van der Waals surface area contributed by atoms with Crippen LogP contribution in [0.2, 0.25) is 0 Å². The number of likely N-dealkylation sites (tertiary alicyclic amines) is 1. The Hall–Kier alpha value is -1.30. The van der Waals surface area contributed by atoms with E-state index in [1.807, 2.05) is 6.07 Å². The van der Waals surface area contributed by atoms with E-state index in [2.05, 4.69) is 27.2 Å². The van der Waals surface area contributed by atoms with E-state index in [0.29, 0.717) is 0 Å². The van der Waals surface area contributed by atoms with Crippen LogP contribution in [-0.4, -0.2) is 61.9 Å². The third-order valence-corrected chi connectivity index (χ3v) is 5.04. The molecule has 1 aromatic carbocycles. The Kier molecular flexibility index (Phi) is 5.75. The van der Waals surface area contributed by atoms with E-state index in [1.54, 1.807) is 0 Å². The summed E-state index contributed by atoms with van der Waals surface area (Å²) < 4.78 is 0. The predicted octanol–water partition coefficient (Wildman–Crippen LogP) is 1.07. The lowest BCUT2D eigenvalue weighted by atomic mass is 10.0. The molecule has 0 saturated carbocycles. The summed E-state index contributed by atoms with van der Waals surface area (Å²) in [5, 5.41) is 13.1. The van der Waals surface area contributed by atoms with Gasteiger partial charge in [-0.3, -0.25) is 0 Å². The highest BCUT2D eigenvalue weighted by Crippen LogP contribution is 2.28. The van der Waals surface area contributed by atoms with Crippen LogP contribution in [0.3, 0.4) is 0 Å². The summed E-state index contributed by atoms with van der Waals surface area (Å²) in [4.78, 5) is 4.90. The molecule has 128 valence electrons. The van der Waals surface area contributed by atoms with Crippen molar-refractivity contribution in [2.45, 2.75) is 31.8 Å². The molecule has 23 heavy (non-hydrogen) atoms. The number of aliphatic hydroxyl groups is 1. The molecule has 0 spiro atoms. The van der Waals surface area contributed by atoms with Crippen LogP contribution in [0.15, 0.2) is 18.2 Å². The number of anilines is 2. The molecule has 0 bridgehead atoms. The van der Waals surface area contributed by atoms with Gasteiger partial charge in [-0.1, -0.05) is 6.07 Å². The molecule has 2 aliphatic rings. The van der Waals surface area contributed by atoms with Gasteiger partial charge in [0.15, 0.2) is 0 Å². The molecule has 3 rings (SSSR count). The van der Waals surface area contributed by atoms with Gasteiger partial charge >= 0.3 is 0 Å². The van der Waals surface area contributed by atoms with Crippen molar-refractivity contribution in [1.82, 2.24) is 10.2 Å². The summed E-state index contributed by atoms with van der Waals surface area (Å²) >= 11 is 0. The first-order valence-corrected chi connectivity index (χ1v) is 8.97. The van der Waals surface area contributed by atoms with Crippen molar-refractivity contribution in [3.05, 3.63) is 23.8 Å². The van der Waals surface area contributed by atoms with Crippen molar-refractivity contribution in [2.24, 2.45) is 0 Å². The Morgan fingerprint density at radius 3 is 2.74 bits per heavy atom. The third kappa shape index (κ3) is 4.59. The summed E-state index contributed by atoms with van der Waals surface area (Å²) in [7, 11) is 0. The second-order valence-electron chi connectivity index (χ2n) is 6.80. The molecule has 0 unspecified atom stereocenters. The average molecular weight is 318 g/mol. The molecule has 4 N–H and O–H groups in total. The lowest BCUT2D eigenvalue weighted by molar-refractivity contribution is 0.0831. The Morgan fingerprint density at radius 2 is 1.91 bits per heavy atom. The van der Waals surface area contributed by atoms with Crippen molar-refractivity contribution >= 4 is 11.4 Å². The minimum absolute atomic E-state index is 0.0779. The number of fused-ring (bicyclic) bond motifs is 1.